The van der Waals surface area contributed by atoms with Gasteiger partial charge in [0.25, 0.3) is 10.0 Å². The van der Waals surface area contributed by atoms with Crippen molar-refractivity contribution in [2.24, 2.45) is 0 Å². The maximum atomic E-state index is 12.4. The number of hydrogen-bond acceptors (Lipinski definition) is 4. The van der Waals surface area contributed by atoms with Crippen LogP contribution in [0.1, 0.15) is 11.1 Å². The topological polar surface area (TPSA) is 71.1 Å². The van der Waals surface area contributed by atoms with Crippen LogP contribution in [0.25, 0.3) is 0 Å². The van der Waals surface area contributed by atoms with Gasteiger partial charge in [-0.1, -0.05) is 29.8 Å². The van der Waals surface area contributed by atoms with E-state index in [1.165, 1.54) is 30.5 Å². The third kappa shape index (κ3) is 4.15. The molecule has 1 heterocycles. The zero-order valence-electron chi connectivity index (χ0n) is 14.3. The summed E-state index contributed by atoms with van der Waals surface area (Å²) in [6, 6.07) is 15.4. The van der Waals surface area contributed by atoms with Gasteiger partial charge in [0.2, 0.25) is 0 Å². The lowest BCUT2D eigenvalue weighted by molar-refractivity contribution is 0.601. The standard InChI is InChI=1S/C19H18ClN3O2S/c1-13-4-3-5-14(2)19(13)22-18-11-8-16(12-21-18)23-26(24,25)17-9-6-15(20)7-10-17/h3-12,23H,1-2H3,(H,21,22). The first-order valence-electron chi connectivity index (χ1n) is 7.93. The first-order valence-corrected chi connectivity index (χ1v) is 9.79. The van der Waals surface area contributed by atoms with E-state index >= 15 is 0 Å². The maximum absolute atomic E-state index is 12.4. The first kappa shape index (κ1) is 18.2. The third-order valence-corrected chi connectivity index (χ3v) is 5.52. The van der Waals surface area contributed by atoms with Crippen molar-refractivity contribution in [3.05, 3.63) is 76.9 Å². The molecule has 134 valence electrons. The molecule has 2 N–H and O–H groups in total. The lowest BCUT2D eigenvalue weighted by Crippen LogP contribution is -2.13. The molecule has 0 saturated heterocycles. The van der Waals surface area contributed by atoms with Gasteiger partial charge in [-0.3, -0.25) is 4.72 Å². The molecule has 0 amide bonds. The van der Waals surface area contributed by atoms with E-state index in [-0.39, 0.29) is 4.90 Å². The van der Waals surface area contributed by atoms with Crippen molar-refractivity contribution < 1.29 is 8.42 Å². The van der Waals surface area contributed by atoms with Gasteiger partial charge in [-0.2, -0.15) is 0 Å². The van der Waals surface area contributed by atoms with Crippen molar-refractivity contribution in [3.8, 4) is 0 Å². The molecule has 1 aromatic heterocycles. The molecule has 3 rings (SSSR count). The van der Waals surface area contributed by atoms with E-state index in [0.29, 0.717) is 16.5 Å². The van der Waals surface area contributed by atoms with E-state index in [2.05, 4.69) is 15.0 Å². The smallest absolute Gasteiger partial charge is 0.261 e. The molecule has 0 radical (unpaired) electrons. The van der Waals surface area contributed by atoms with Crippen molar-refractivity contribution >= 4 is 38.8 Å². The first-order chi connectivity index (χ1) is 12.3. The summed E-state index contributed by atoms with van der Waals surface area (Å²) in [6.07, 6.45) is 1.48. The fourth-order valence-corrected chi connectivity index (χ4v) is 3.66. The van der Waals surface area contributed by atoms with Crippen molar-refractivity contribution in [3.63, 3.8) is 0 Å². The average Bonchev–Trinajstić information content (AvgIpc) is 2.60. The van der Waals surface area contributed by atoms with Crippen LogP contribution >= 0.6 is 11.6 Å². The fourth-order valence-electron chi connectivity index (χ4n) is 2.50. The van der Waals surface area contributed by atoms with Gasteiger partial charge in [0.05, 0.1) is 16.8 Å². The molecule has 3 aromatic rings. The molecule has 0 aliphatic heterocycles. The Morgan fingerprint density at radius 3 is 2.15 bits per heavy atom. The van der Waals surface area contributed by atoms with E-state index in [1.54, 1.807) is 12.1 Å². The Labute approximate surface area is 158 Å². The number of nitrogens with one attached hydrogen (secondary N) is 2. The minimum absolute atomic E-state index is 0.139. The van der Waals surface area contributed by atoms with E-state index in [9.17, 15) is 8.42 Å². The second-order valence-corrected chi connectivity index (χ2v) is 8.00. The van der Waals surface area contributed by atoms with Gasteiger partial charge in [-0.15, -0.1) is 0 Å². The average molecular weight is 388 g/mol. The van der Waals surface area contributed by atoms with Crippen LogP contribution in [0.4, 0.5) is 17.2 Å². The quantitative estimate of drug-likeness (QED) is 0.653. The van der Waals surface area contributed by atoms with Crippen LogP contribution in [0.2, 0.25) is 5.02 Å². The Morgan fingerprint density at radius 1 is 0.923 bits per heavy atom. The summed E-state index contributed by atoms with van der Waals surface area (Å²) >= 11 is 5.80. The molecule has 7 heteroatoms. The van der Waals surface area contributed by atoms with E-state index < -0.39 is 10.0 Å². The van der Waals surface area contributed by atoms with E-state index in [1.807, 2.05) is 32.0 Å². The molecule has 0 spiro atoms. The zero-order chi connectivity index (χ0) is 18.7. The molecule has 2 aromatic carbocycles. The van der Waals surface area contributed by atoms with Gasteiger partial charge in [-0.05, 0) is 61.4 Å². The highest BCUT2D eigenvalue weighted by atomic mass is 35.5. The van der Waals surface area contributed by atoms with Gasteiger partial charge in [0.15, 0.2) is 0 Å². The van der Waals surface area contributed by atoms with Crippen molar-refractivity contribution in [2.75, 3.05) is 10.0 Å². The number of hydrogen-bond donors (Lipinski definition) is 2. The summed E-state index contributed by atoms with van der Waals surface area (Å²) in [6.45, 7) is 4.04. The van der Waals surface area contributed by atoms with Gasteiger partial charge in [0, 0.05) is 10.7 Å². The van der Waals surface area contributed by atoms with Crippen LogP contribution in [-0.2, 0) is 10.0 Å². The third-order valence-electron chi connectivity index (χ3n) is 3.87. The molecule has 0 atom stereocenters. The minimum Gasteiger partial charge on any atom is -0.340 e. The summed E-state index contributed by atoms with van der Waals surface area (Å²) < 4.78 is 27.3. The Bertz CT molecular complexity index is 997. The van der Waals surface area contributed by atoms with Gasteiger partial charge in [-0.25, -0.2) is 13.4 Å². The summed E-state index contributed by atoms with van der Waals surface area (Å²) in [5.41, 5.74) is 3.60. The van der Waals surface area contributed by atoms with Crippen molar-refractivity contribution in [1.29, 1.82) is 0 Å². The molecule has 0 fully saturated rings. The molecule has 26 heavy (non-hydrogen) atoms. The Balaban J connectivity index is 1.76. The lowest BCUT2D eigenvalue weighted by Gasteiger charge is -2.13. The van der Waals surface area contributed by atoms with Gasteiger partial charge in [0.1, 0.15) is 5.82 Å². The molecular weight excluding hydrogens is 370 g/mol. The number of pyridine rings is 1. The summed E-state index contributed by atoms with van der Waals surface area (Å²) in [7, 11) is -3.68. The van der Waals surface area contributed by atoms with Gasteiger partial charge >= 0.3 is 0 Å². The summed E-state index contributed by atoms with van der Waals surface area (Å²) in [5.74, 6) is 0.636. The van der Waals surface area contributed by atoms with Crippen LogP contribution in [0.15, 0.2) is 65.7 Å². The summed E-state index contributed by atoms with van der Waals surface area (Å²) in [4.78, 5) is 4.43. The monoisotopic (exact) mass is 387 g/mol. The van der Waals surface area contributed by atoms with Crippen molar-refractivity contribution in [1.82, 2.24) is 4.98 Å². The highest BCUT2D eigenvalue weighted by molar-refractivity contribution is 7.92. The fraction of sp³-hybridized carbons (Fsp3) is 0.105. The number of nitrogens with zero attached hydrogens (tertiary/aromatic N) is 1. The van der Waals surface area contributed by atoms with Crippen LogP contribution in [0.3, 0.4) is 0 Å². The van der Waals surface area contributed by atoms with Gasteiger partial charge < -0.3 is 5.32 Å². The number of anilines is 3. The summed E-state index contributed by atoms with van der Waals surface area (Å²) in [5, 5.41) is 3.74. The SMILES string of the molecule is Cc1cccc(C)c1Nc1ccc(NS(=O)(=O)c2ccc(Cl)cc2)cn1. The van der Waals surface area contributed by atoms with Crippen LogP contribution in [0, 0.1) is 13.8 Å². The molecule has 5 nitrogen and oxygen atoms in total. The predicted molar refractivity (Wildman–Crippen MR) is 106 cm³/mol. The minimum atomic E-state index is -3.68. The van der Waals surface area contributed by atoms with Crippen LogP contribution in [0.5, 0.6) is 0 Å². The van der Waals surface area contributed by atoms with E-state index in [4.69, 9.17) is 11.6 Å². The predicted octanol–water partition coefficient (Wildman–Crippen LogP) is 4.90. The highest BCUT2D eigenvalue weighted by Gasteiger charge is 2.14. The zero-order valence-corrected chi connectivity index (χ0v) is 15.9. The molecule has 0 saturated carbocycles. The number of para-hydroxylation sites is 1. The number of halogens is 1. The molecule has 0 unspecified atom stereocenters. The molecule has 0 bridgehead atoms. The van der Waals surface area contributed by atoms with Crippen LogP contribution in [-0.4, -0.2) is 13.4 Å². The Hall–Kier alpha value is -2.57. The highest BCUT2D eigenvalue weighted by Crippen LogP contribution is 2.24. The molecule has 0 aliphatic rings. The van der Waals surface area contributed by atoms with Crippen LogP contribution < -0.4 is 10.0 Å². The largest absolute Gasteiger partial charge is 0.340 e. The number of aryl methyl sites for hydroxylation is 2. The molecular formula is C19H18ClN3O2S. The lowest BCUT2D eigenvalue weighted by atomic mass is 10.1. The number of benzene rings is 2. The molecule has 0 aliphatic carbocycles. The normalized spacial score (nSPS) is 11.2. The maximum Gasteiger partial charge on any atom is 0.261 e. The van der Waals surface area contributed by atoms with Crippen molar-refractivity contribution in [2.45, 2.75) is 18.7 Å². The number of rotatable bonds is 5. The second-order valence-electron chi connectivity index (χ2n) is 5.88. The van der Waals surface area contributed by atoms with E-state index in [0.717, 1.165) is 16.8 Å². The number of aromatic nitrogens is 1. The second kappa shape index (κ2) is 7.35. The number of sulfonamides is 1. The Kier molecular flexibility index (Phi) is 5.15. The Morgan fingerprint density at radius 2 is 1.58 bits per heavy atom.